The standard InChI is InChI=1S/C16H15BrN2O2S/c1-2-21-14-9-8-11(17)10-13(14)15(20)19-16(22)18-12-6-4-3-5-7-12/h3-10H,2H2,1H3,(H2,18,19,20,22). The molecule has 0 bridgehead atoms. The summed E-state index contributed by atoms with van der Waals surface area (Å²) in [6, 6.07) is 14.7. The first-order chi connectivity index (χ1) is 10.6. The van der Waals surface area contributed by atoms with E-state index in [0.717, 1.165) is 10.2 Å². The Morgan fingerprint density at radius 3 is 2.64 bits per heavy atom. The molecule has 0 unspecified atom stereocenters. The first kappa shape index (κ1) is 16.5. The van der Waals surface area contributed by atoms with E-state index < -0.39 is 0 Å². The Bertz CT molecular complexity index is 677. The van der Waals surface area contributed by atoms with Gasteiger partial charge in [0.25, 0.3) is 5.91 Å². The smallest absolute Gasteiger partial charge is 0.261 e. The van der Waals surface area contributed by atoms with Crippen LogP contribution in [-0.2, 0) is 0 Å². The number of para-hydroxylation sites is 1. The second-order valence-corrected chi connectivity index (χ2v) is 5.67. The lowest BCUT2D eigenvalue weighted by atomic mass is 10.2. The van der Waals surface area contributed by atoms with E-state index in [1.165, 1.54) is 0 Å². The van der Waals surface area contributed by atoms with Gasteiger partial charge in [0.05, 0.1) is 12.2 Å². The largest absolute Gasteiger partial charge is 0.493 e. The number of rotatable bonds is 4. The summed E-state index contributed by atoms with van der Waals surface area (Å²) in [5.41, 5.74) is 1.24. The van der Waals surface area contributed by atoms with Crippen molar-refractivity contribution in [2.75, 3.05) is 11.9 Å². The van der Waals surface area contributed by atoms with Crippen molar-refractivity contribution in [3.63, 3.8) is 0 Å². The van der Waals surface area contributed by atoms with Crippen LogP contribution in [0.25, 0.3) is 0 Å². The monoisotopic (exact) mass is 378 g/mol. The molecule has 0 atom stereocenters. The molecule has 22 heavy (non-hydrogen) atoms. The van der Waals surface area contributed by atoms with Gasteiger partial charge < -0.3 is 10.1 Å². The van der Waals surface area contributed by atoms with Gasteiger partial charge in [-0.2, -0.15) is 0 Å². The van der Waals surface area contributed by atoms with E-state index in [0.29, 0.717) is 17.9 Å². The van der Waals surface area contributed by atoms with E-state index in [2.05, 4.69) is 26.6 Å². The van der Waals surface area contributed by atoms with Gasteiger partial charge in [0.1, 0.15) is 5.75 Å². The van der Waals surface area contributed by atoms with Crippen molar-refractivity contribution in [3.8, 4) is 5.75 Å². The number of anilines is 1. The maximum absolute atomic E-state index is 12.4. The summed E-state index contributed by atoms with van der Waals surface area (Å²) in [6.07, 6.45) is 0. The molecule has 0 heterocycles. The Hall–Kier alpha value is -1.92. The van der Waals surface area contributed by atoms with Crippen LogP contribution >= 0.6 is 28.1 Å². The van der Waals surface area contributed by atoms with E-state index in [-0.39, 0.29) is 11.0 Å². The minimum atomic E-state index is -0.321. The number of benzene rings is 2. The normalized spacial score (nSPS) is 9.91. The van der Waals surface area contributed by atoms with Gasteiger partial charge in [-0.05, 0) is 49.5 Å². The summed E-state index contributed by atoms with van der Waals surface area (Å²) in [6.45, 7) is 2.35. The van der Waals surface area contributed by atoms with Crippen LogP contribution in [-0.4, -0.2) is 17.6 Å². The molecular formula is C16H15BrN2O2S. The van der Waals surface area contributed by atoms with Crippen molar-refractivity contribution in [2.45, 2.75) is 6.92 Å². The van der Waals surface area contributed by atoms with E-state index in [1.54, 1.807) is 12.1 Å². The molecule has 2 aromatic carbocycles. The number of hydrogen-bond acceptors (Lipinski definition) is 3. The fourth-order valence-electron chi connectivity index (χ4n) is 1.82. The molecule has 0 radical (unpaired) electrons. The number of thiocarbonyl (C=S) groups is 1. The number of ether oxygens (including phenoxy) is 1. The van der Waals surface area contributed by atoms with E-state index in [9.17, 15) is 4.79 Å². The first-order valence-electron chi connectivity index (χ1n) is 6.70. The van der Waals surface area contributed by atoms with Crippen molar-refractivity contribution < 1.29 is 9.53 Å². The molecule has 6 heteroatoms. The number of carbonyl (C=O) groups is 1. The van der Waals surface area contributed by atoms with E-state index in [4.69, 9.17) is 17.0 Å². The van der Waals surface area contributed by atoms with Crippen molar-refractivity contribution in [1.29, 1.82) is 0 Å². The maximum Gasteiger partial charge on any atom is 0.261 e. The van der Waals surface area contributed by atoms with Gasteiger partial charge in [0.15, 0.2) is 5.11 Å². The average molecular weight is 379 g/mol. The van der Waals surface area contributed by atoms with E-state index in [1.807, 2.05) is 43.3 Å². The van der Waals surface area contributed by atoms with Crippen LogP contribution in [0, 0.1) is 0 Å². The number of amides is 1. The Balaban J connectivity index is 2.08. The highest BCUT2D eigenvalue weighted by molar-refractivity contribution is 9.10. The molecule has 114 valence electrons. The zero-order valence-electron chi connectivity index (χ0n) is 11.9. The average Bonchev–Trinajstić information content (AvgIpc) is 2.50. The second kappa shape index (κ2) is 7.91. The first-order valence-corrected chi connectivity index (χ1v) is 7.90. The molecule has 0 saturated heterocycles. The third kappa shape index (κ3) is 4.54. The maximum atomic E-state index is 12.4. The minimum Gasteiger partial charge on any atom is -0.493 e. The molecule has 2 rings (SSSR count). The fourth-order valence-corrected chi connectivity index (χ4v) is 2.39. The number of hydrogen-bond donors (Lipinski definition) is 2. The molecule has 0 aliphatic carbocycles. The zero-order chi connectivity index (χ0) is 15.9. The lowest BCUT2D eigenvalue weighted by Crippen LogP contribution is -2.34. The highest BCUT2D eigenvalue weighted by Gasteiger charge is 2.14. The lowest BCUT2D eigenvalue weighted by Gasteiger charge is -2.12. The summed E-state index contributed by atoms with van der Waals surface area (Å²) in [5, 5.41) is 5.84. The lowest BCUT2D eigenvalue weighted by molar-refractivity contribution is 0.0974. The van der Waals surface area contributed by atoms with Gasteiger partial charge >= 0.3 is 0 Å². The molecule has 0 saturated carbocycles. The molecular weight excluding hydrogens is 364 g/mol. The predicted molar refractivity (Wildman–Crippen MR) is 95.4 cm³/mol. The topological polar surface area (TPSA) is 50.4 Å². The van der Waals surface area contributed by atoms with Gasteiger partial charge in [0.2, 0.25) is 0 Å². The van der Waals surface area contributed by atoms with Crippen LogP contribution in [0.2, 0.25) is 0 Å². The van der Waals surface area contributed by atoms with Crippen LogP contribution < -0.4 is 15.4 Å². The summed E-state index contributed by atoms with van der Waals surface area (Å²) in [5.74, 6) is 0.198. The third-order valence-electron chi connectivity index (χ3n) is 2.74. The number of nitrogens with one attached hydrogen (secondary N) is 2. The second-order valence-electron chi connectivity index (χ2n) is 4.35. The van der Waals surface area contributed by atoms with Crippen molar-refractivity contribution in [1.82, 2.24) is 5.32 Å². The van der Waals surface area contributed by atoms with Crippen LogP contribution in [0.4, 0.5) is 5.69 Å². The van der Waals surface area contributed by atoms with Crippen LogP contribution in [0.1, 0.15) is 17.3 Å². The van der Waals surface area contributed by atoms with Crippen LogP contribution in [0.3, 0.4) is 0 Å². The molecule has 0 aromatic heterocycles. The third-order valence-corrected chi connectivity index (χ3v) is 3.44. The Morgan fingerprint density at radius 2 is 1.95 bits per heavy atom. The molecule has 0 spiro atoms. The van der Waals surface area contributed by atoms with Gasteiger partial charge in [-0.3, -0.25) is 10.1 Å². The highest BCUT2D eigenvalue weighted by Crippen LogP contribution is 2.23. The Labute approximate surface area is 143 Å². The SMILES string of the molecule is CCOc1ccc(Br)cc1C(=O)NC(=S)Nc1ccccc1. The highest BCUT2D eigenvalue weighted by atomic mass is 79.9. The Kier molecular flexibility index (Phi) is 5.91. The number of halogens is 1. The van der Waals surface area contributed by atoms with Crippen molar-refractivity contribution >= 4 is 44.9 Å². The number of carbonyl (C=O) groups excluding carboxylic acids is 1. The Morgan fingerprint density at radius 1 is 1.23 bits per heavy atom. The quantitative estimate of drug-likeness (QED) is 0.790. The zero-order valence-corrected chi connectivity index (χ0v) is 14.3. The van der Waals surface area contributed by atoms with Crippen LogP contribution in [0.5, 0.6) is 5.75 Å². The summed E-state index contributed by atoms with van der Waals surface area (Å²) >= 11 is 8.51. The molecule has 0 aliphatic rings. The van der Waals surface area contributed by atoms with Gasteiger partial charge in [0, 0.05) is 10.2 Å². The summed E-state index contributed by atoms with van der Waals surface area (Å²) < 4.78 is 6.26. The molecule has 0 aliphatic heterocycles. The van der Waals surface area contributed by atoms with Crippen LogP contribution in [0.15, 0.2) is 53.0 Å². The predicted octanol–water partition coefficient (Wildman–Crippen LogP) is 3.97. The summed E-state index contributed by atoms with van der Waals surface area (Å²) in [7, 11) is 0. The summed E-state index contributed by atoms with van der Waals surface area (Å²) in [4.78, 5) is 12.4. The van der Waals surface area contributed by atoms with Gasteiger partial charge in [-0.15, -0.1) is 0 Å². The van der Waals surface area contributed by atoms with Gasteiger partial charge in [-0.1, -0.05) is 34.1 Å². The minimum absolute atomic E-state index is 0.235. The van der Waals surface area contributed by atoms with Gasteiger partial charge in [-0.25, -0.2) is 0 Å². The molecule has 2 N–H and O–H groups in total. The molecule has 2 aromatic rings. The van der Waals surface area contributed by atoms with E-state index >= 15 is 0 Å². The molecule has 1 amide bonds. The molecule has 0 fully saturated rings. The molecule has 4 nitrogen and oxygen atoms in total. The van der Waals surface area contributed by atoms with Crippen molar-refractivity contribution in [2.24, 2.45) is 0 Å². The fraction of sp³-hybridized carbons (Fsp3) is 0.125. The van der Waals surface area contributed by atoms with Crippen molar-refractivity contribution in [3.05, 3.63) is 58.6 Å².